The predicted molar refractivity (Wildman–Crippen MR) is 71.6 cm³/mol. The van der Waals surface area contributed by atoms with E-state index in [1.807, 2.05) is 25.1 Å². The lowest BCUT2D eigenvalue weighted by Crippen LogP contribution is -2.18. The van der Waals surface area contributed by atoms with Gasteiger partial charge in [0.05, 0.1) is 6.10 Å². The SMILES string of the molecule is CC[C@@H](O)CNc1ccc(Br)c(I)c1. The number of halogens is 2. The molecule has 0 bridgehead atoms. The molecule has 2 N–H and O–H groups in total. The van der Waals surface area contributed by atoms with Crippen LogP contribution in [0.2, 0.25) is 0 Å². The van der Waals surface area contributed by atoms with E-state index in [0.29, 0.717) is 6.54 Å². The van der Waals surface area contributed by atoms with E-state index >= 15 is 0 Å². The zero-order valence-electron chi connectivity index (χ0n) is 7.93. The first-order valence-corrected chi connectivity index (χ1v) is 6.37. The van der Waals surface area contributed by atoms with Gasteiger partial charge in [0.15, 0.2) is 0 Å². The van der Waals surface area contributed by atoms with Crippen LogP contribution in [0.3, 0.4) is 0 Å². The zero-order chi connectivity index (χ0) is 10.6. The topological polar surface area (TPSA) is 32.3 Å². The van der Waals surface area contributed by atoms with E-state index in [2.05, 4.69) is 43.8 Å². The summed E-state index contributed by atoms with van der Waals surface area (Å²) in [6, 6.07) is 6.05. The Hall–Kier alpha value is 0.190. The molecule has 0 aromatic heterocycles. The fraction of sp³-hybridized carbons (Fsp3) is 0.400. The molecule has 2 nitrogen and oxygen atoms in total. The zero-order valence-corrected chi connectivity index (χ0v) is 11.7. The number of rotatable bonds is 4. The predicted octanol–water partition coefficient (Wildman–Crippen LogP) is 3.24. The number of hydrogen-bond acceptors (Lipinski definition) is 2. The van der Waals surface area contributed by atoms with Crippen molar-refractivity contribution in [2.45, 2.75) is 19.4 Å². The van der Waals surface area contributed by atoms with E-state index in [4.69, 9.17) is 0 Å². The summed E-state index contributed by atoms with van der Waals surface area (Å²) in [7, 11) is 0. The first-order chi connectivity index (χ1) is 6.63. The molecule has 1 rings (SSSR count). The van der Waals surface area contributed by atoms with E-state index in [1.165, 1.54) is 3.57 Å². The molecule has 0 aliphatic carbocycles. The van der Waals surface area contributed by atoms with Crippen LogP contribution < -0.4 is 5.32 Å². The molecule has 0 heterocycles. The average Bonchev–Trinajstić information content (AvgIpc) is 2.19. The Morgan fingerprint density at radius 3 is 2.86 bits per heavy atom. The second kappa shape index (κ2) is 5.92. The highest BCUT2D eigenvalue weighted by Crippen LogP contribution is 2.22. The van der Waals surface area contributed by atoms with Gasteiger partial charge in [-0.15, -0.1) is 0 Å². The Balaban J connectivity index is 2.55. The number of aliphatic hydroxyl groups excluding tert-OH is 1. The lowest BCUT2D eigenvalue weighted by Gasteiger charge is -2.11. The van der Waals surface area contributed by atoms with Crippen molar-refractivity contribution in [1.82, 2.24) is 0 Å². The van der Waals surface area contributed by atoms with Crippen molar-refractivity contribution in [2.75, 3.05) is 11.9 Å². The maximum atomic E-state index is 9.37. The smallest absolute Gasteiger partial charge is 0.0709 e. The van der Waals surface area contributed by atoms with E-state index in [1.54, 1.807) is 0 Å². The van der Waals surface area contributed by atoms with Gasteiger partial charge < -0.3 is 10.4 Å². The molecule has 0 aliphatic heterocycles. The number of aliphatic hydroxyl groups is 1. The van der Waals surface area contributed by atoms with Gasteiger partial charge in [-0.2, -0.15) is 0 Å². The van der Waals surface area contributed by atoms with Crippen LogP contribution in [-0.4, -0.2) is 17.8 Å². The fourth-order valence-corrected chi connectivity index (χ4v) is 1.75. The number of hydrogen-bond donors (Lipinski definition) is 2. The van der Waals surface area contributed by atoms with E-state index in [0.717, 1.165) is 16.6 Å². The van der Waals surface area contributed by atoms with Gasteiger partial charge in [-0.05, 0) is 63.1 Å². The third-order valence-corrected chi connectivity index (χ3v) is 4.26. The molecule has 0 radical (unpaired) electrons. The van der Waals surface area contributed by atoms with Crippen LogP contribution in [0.25, 0.3) is 0 Å². The molecule has 0 amide bonds. The van der Waals surface area contributed by atoms with Gasteiger partial charge in [0.2, 0.25) is 0 Å². The summed E-state index contributed by atoms with van der Waals surface area (Å²) < 4.78 is 2.26. The van der Waals surface area contributed by atoms with E-state index < -0.39 is 0 Å². The van der Waals surface area contributed by atoms with Crippen molar-refractivity contribution in [3.05, 3.63) is 26.2 Å². The highest BCUT2D eigenvalue weighted by atomic mass is 127. The average molecular weight is 370 g/mol. The molecule has 0 spiro atoms. The van der Waals surface area contributed by atoms with Crippen LogP contribution in [0.5, 0.6) is 0 Å². The van der Waals surface area contributed by atoms with Crippen molar-refractivity contribution in [3.8, 4) is 0 Å². The normalized spacial score (nSPS) is 12.6. The molecule has 1 aromatic carbocycles. The van der Waals surface area contributed by atoms with Crippen LogP contribution in [0.15, 0.2) is 22.7 Å². The van der Waals surface area contributed by atoms with Gasteiger partial charge in [0.25, 0.3) is 0 Å². The van der Waals surface area contributed by atoms with Gasteiger partial charge in [-0.25, -0.2) is 0 Å². The summed E-state index contributed by atoms with van der Waals surface area (Å²) >= 11 is 5.71. The second-order valence-electron chi connectivity index (χ2n) is 3.07. The summed E-state index contributed by atoms with van der Waals surface area (Å²) in [5, 5.41) is 12.6. The maximum absolute atomic E-state index is 9.37. The fourth-order valence-electron chi connectivity index (χ4n) is 0.986. The Kier molecular flexibility index (Phi) is 5.19. The van der Waals surface area contributed by atoms with Crippen LogP contribution >= 0.6 is 38.5 Å². The third-order valence-electron chi connectivity index (χ3n) is 1.93. The Morgan fingerprint density at radius 1 is 1.57 bits per heavy atom. The highest BCUT2D eigenvalue weighted by molar-refractivity contribution is 14.1. The molecular weight excluding hydrogens is 357 g/mol. The molecule has 14 heavy (non-hydrogen) atoms. The molecule has 1 aromatic rings. The van der Waals surface area contributed by atoms with Gasteiger partial charge in [0, 0.05) is 20.3 Å². The summed E-state index contributed by atoms with van der Waals surface area (Å²) in [5.74, 6) is 0. The largest absolute Gasteiger partial charge is 0.391 e. The molecule has 0 fully saturated rings. The summed E-state index contributed by atoms with van der Waals surface area (Å²) in [6.45, 7) is 2.58. The van der Waals surface area contributed by atoms with Crippen molar-refractivity contribution in [1.29, 1.82) is 0 Å². The first kappa shape index (κ1) is 12.3. The molecule has 0 saturated carbocycles. The standard InChI is InChI=1S/C10H13BrINO/c1-2-8(14)6-13-7-3-4-9(11)10(12)5-7/h3-5,8,13-14H,2,6H2,1H3/t8-/m1/s1. The lowest BCUT2D eigenvalue weighted by molar-refractivity contribution is 0.183. The molecule has 0 saturated heterocycles. The quantitative estimate of drug-likeness (QED) is 0.798. The maximum Gasteiger partial charge on any atom is 0.0709 e. The summed E-state index contributed by atoms with van der Waals surface area (Å²) in [5.41, 5.74) is 1.05. The van der Waals surface area contributed by atoms with Gasteiger partial charge in [-0.3, -0.25) is 0 Å². The molecule has 0 aliphatic rings. The minimum Gasteiger partial charge on any atom is -0.391 e. The third kappa shape index (κ3) is 3.74. The van der Waals surface area contributed by atoms with Crippen molar-refractivity contribution < 1.29 is 5.11 Å². The number of anilines is 1. The van der Waals surface area contributed by atoms with E-state index in [-0.39, 0.29) is 6.10 Å². The Bertz CT molecular complexity index is 306. The van der Waals surface area contributed by atoms with Crippen LogP contribution in [0, 0.1) is 3.57 Å². The minimum absolute atomic E-state index is 0.267. The van der Waals surface area contributed by atoms with Crippen LogP contribution in [0.1, 0.15) is 13.3 Å². The van der Waals surface area contributed by atoms with Gasteiger partial charge >= 0.3 is 0 Å². The molecule has 1 atom stereocenters. The van der Waals surface area contributed by atoms with Crippen LogP contribution in [-0.2, 0) is 0 Å². The highest BCUT2D eigenvalue weighted by Gasteiger charge is 2.01. The van der Waals surface area contributed by atoms with E-state index in [9.17, 15) is 5.11 Å². The number of nitrogens with one attached hydrogen (secondary N) is 1. The lowest BCUT2D eigenvalue weighted by atomic mass is 10.2. The van der Waals surface area contributed by atoms with Crippen molar-refractivity contribution in [2.24, 2.45) is 0 Å². The monoisotopic (exact) mass is 369 g/mol. The minimum atomic E-state index is -0.267. The molecule has 4 heteroatoms. The number of benzene rings is 1. The van der Waals surface area contributed by atoms with Gasteiger partial charge in [0.1, 0.15) is 0 Å². The molecular formula is C10H13BrINO. The first-order valence-electron chi connectivity index (χ1n) is 4.50. The van der Waals surface area contributed by atoms with Crippen LogP contribution in [0.4, 0.5) is 5.69 Å². The second-order valence-corrected chi connectivity index (χ2v) is 5.09. The van der Waals surface area contributed by atoms with Gasteiger partial charge in [-0.1, -0.05) is 6.92 Å². The Morgan fingerprint density at radius 2 is 2.29 bits per heavy atom. The van der Waals surface area contributed by atoms with Crippen molar-refractivity contribution >= 4 is 44.2 Å². The molecule has 0 unspecified atom stereocenters. The van der Waals surface area contributed by atoms with Crippen molar-refractivity contribution in [3.63, 3.8) is 0 Å². The summed E-state index contributed by atoms with van der Waals surface area (Å²) in [6.07, 6.45) is 0.511. The molecule has 78 valence electrons. The Labute approximate surface area is 106 Å². The summed E-state index contributed by atoms with van der Waals surface area (Å²) in [4.78, 5) is 0.